The van der Waals surface area contributed by atoms with Crippen molar-refractivity contribution < 1.29 is 15.0 Å². The molecule has 28 valence electrons. The molecule has 2 N–H and O–H groups in total. The molecule has 0 aromatic rings. The van der Waals surface area contributed by atoms with Crippen molar-refractivity contribution >= 4 is 51.6 Å². The summed E-state index contributed by atoms with van der Waals surface area (Å²) in [5.41, 5.74) is 0. The van der Waals surface area contributed by atoms with Crippen LogP contribution in [0.1, 0.15) is 0 Å². The third-order valence-electron chi connectivity index (χ3n) is 0. The Morgan fingerprint density at radius 3 is 1.40 bits per heavy atom. The van der Waals surface area contributed by atoms with Crippen molar-refractivity contribution in [3.63, 3.8) is 0 Å². The van der Waals surface area contributed by atoms with E-state index in [0.29, 0.717) is 0 Å². The van der Waals surface area contributed by atoms with Gasteiger partial charge in [-0.15, -0.1) is 0 Å². The molecular weight excluding hydrogens is 148 g/mol. The van der Waals surface area contributed by atoms with Gasteiger partial charge in [0.1, 0.15) is 0 Å². The zero-order valence-electron chi connectivity index (χ0n) is 1.80. The van der Waals surface area contributed by atoms with Crippen molar-refractivity contribution in [2.45, 2.75) is 0 Å². The Hall–Kier alpha value is 0.751. The van der Waals surface area contributed by atoms with E-state index in [4.69, 9.17) is 15.0 Å². The number of hydrogen-bond donors (Lipinski definition) is 2. The zero-order valence-corrected chi connectivity index (χ0v) is 1.80. The molecule has 0 heterocycles. The standard InChI is InChI=1S/CH2O3.Sr.2H/c2-1(3)4;;;/h(H2,2,3,4);;;. The van der Waals surface area contributed by atoms with Gasteiger partial charge >= 0.3 is 51.6 Å². The number of rotatable bonds is 0. The Morgan fingerprint density at radius 1 is 1.40 bits per heavy atom. The van der Waals surface area contributed by atoms with Crippen LogP contribution in [0.4, 0.5) is 4.79 Å². The quantitative estimate of drug-likeness (QED) is 0.451. The molecule has 0 saturated heterocycles. The van der Waals surface area contributed by atoms with Crippen LogP contribution in [-0.2, 0) is 0 Å². The van der Waals surface area contributed by atoms with E-state index in [1.165, 1.54) is 0 Å². The first kappa shape index (κ1) is 9.23. The van der Waals surface area contributed by atoms with E-state index in [1.807, 2.05) is 0 Å². The monoisotopic (exact) mass is 152 g/mol. The van der Waals surface area contributed by atoms with E-state index < -0.39 is 6.16 Å². The molecule has 0 atom stereocenters. The van der Waals surface area contributed by atoms with Crippen LogP contribution in [0.2, 0.25) is 0 Å². The van der Waals surface area contributed by atoms with Gasteiger partial charge in [-0.05, 0) is 0 Å². The van der Waals surface area contributed by atoms with Crippen molar-refractivity contribution in [3.05, 3.63) is 0 Å². The SMILES string of the molecule is O=C(O)O.[SrH2]. The van der Waals surface area contributed by atoms with Crippen molar-refractivity contribution in [1.29, 1.82) is 0 Å². The first-order valence-electron chi connectivity index (χ1n) is 0.651. The molecule has 0 spiro atoms. The molecule has 0 aromatic heterocycles. The average molecular weight is 152 g/mol. The molecule has 0 unspecified atom stereocenters. The Morgan fingerprint density at radius 2 is 1.40 bits per heavy atom. The molecule has 0 aromatic carbocycles. The van der Waals surface area contributed by atoms with Crippen LogP contribution in [0, 0.1) is 0 Å². The van der Waals surface area contributed by atoms with Gasteiger partial charge in [-0.25, -0.2) is 4.79 Å². The Kier molecular flexibility index (Phi) is 8.77. The van der Waals surface area contributed by atoms with Crippen molar-refractivity contribution in [1.82, 2.24) is 0 Å². The fourth-order valence-corrected chi connectivity index (χ4v) is 0. The molecule has 0 saturated carbocycles. The topological polar surface area (TPSA) is 57.5 Å². The second-order valence-electron chi connectivity index (χ2n) is 0.283. The van der Waals surface area contributed by atoms with Gasteiger partial charge in [-0.1, -0.05) is 0 Å². The van der Waals surface area contributed by atoms with Gasteiger partial charge in [0, 0.05) is 0 Å². The first-order valence-corrected chi connectivity index (χ1v) is 0.651. The third-order valence-corrected chi connectivity index (χ3v) is 0. The molecule has 0 aliphatic carbocycles. The molecule has 0 bridgehead atoms. The van der Waals surface area contributed by atoms with Crippen molar-refractivity contribution in [2.75, 3.05) is 0 Å². The van der Waals surface area contributed by atoms with Crippen LogP contribution in [0.15, 0.2) is 0 Å². The van der Waals surface area contributed by atoms with Gasteiger partial charge in [0.25, 0.3) is 0 Å². The van der Waals surface area contributed by atoms with E-state index in [0.717, 1.165) is 0 Å². The van der Waals surface area contributed by atoms with Gasteiger partial charge in [0.2, 0.25) is 0 Å². The maximum atomic E-state index is 8.56. The molecule has 0 fully saturated rings. The predicted molar refractivity (Wildman–Crippen MR) is 19.2 cm³/mol. The number of carboxylic acid groups (broad SMARTS) is 2. The van der Waals surface area contributed by atoms with E-state index >= 15 is 0 Å². The Labute approximate surface area is 65.9 Å². The van der Waals surface area contributed by atoms with Gasteiger partial charge in [-0.3, -0.25) is 0 Å². The van der Waals surface area contributed by atoms with Gasteiger partial charge in [0.05, 0.1) is 0 Å². The second-order valence-corrected chi connectivity index (χ2v) is 0.283. The third kappa shape index (κ3) is 63.8. The molecule has 0 rings (SSSR count). The summed E-state index contributed by atoms with van der Waals surface area (Å²) < 4.78 is 0. The molecule has 0 aliphatic rings. The maximum absolute atomic E-state index is 8.56. The van der Waals surface area contributed by atoms with E-state index in [1.54, 1.807) is 0 Å². The first-order chi connectivity index (χ1) is 1.73. The minimum atomic E-state index is -1.83. The summed E-state index contributed by atoms with van der Waals surface area (Å²) in [4.78, 5) is 8.56. The second kappa shape index (κ2) is 4.75. The molecule has 0 radical (unpaired) electrons. The molecule has 0 aliphatic heterocycles. The van der Waals surface area contributed by atoms with Crippen LogP contribution < -0.4 is 0 Å². The van der Waals surface area contributed by atoms with Crippen molar-refractivity contribution in [3.8, 4) is 0 Å². The van der Waals surface area contributed by atoms with Gasteiger partial charge in [-0.2, -0.15) is 0 Å². The van der Waals surface area contributed by atoms with Crippen LogP contribution in [0.5, 0.6) is 0 Å². The summed E-state index contributed by atoms with van der Waals surface area (Å²) in [6, 6.07) is 0. The van der Waals surface area contributed by atoms with Crippen LogP contribution in [0.3, 0.4) is 0 Å². The molecular formula is CH4O3Sr. The molecule has 5 heavy (non-hydrogen) atoms. The predicted octanol–water partition coefficient (Wildman–Crippen LogP) is -0.694. The van der Waals surface area contributed by atoms with Gasteiger partial charge in [0.15, 0.2) is 0 Å². The van der Waals surface area contributed by atoms with Crippen LogP contribution in [0.25, 0.3) is 0 Å². The van der Waals surface area contributed by atoms with E-state index in [9.17, 15) is 0 Å². The van der Waals surface area contributed by atoms with Crippen molar-refractivity contribution in [2.24, 2.45) is 0 Å². The van der Waals surface area contributed by atoms with E-state index in [2.05, 4.69) is 0 Å². The molecule has 4 heteroatoms. The summed E-state index contributed by atoms with van der Waals surface area (Å²) >= 11 is 0. The van der Waals surface area contributed by atoms with Gasteiger partial charge < -0.3 is 10.2 Å². The minimum absolute atomic E-state index is 0. The summed E-state index contributed by atoms with van der Waals surface area (Å²) in [6.45, 7) is 0. The molecule has 3 nitrogen and oxygen atoms in total. The summed E-state index contributed by atoms with van der Waals surface area (Å²) in [7, 11) is 0. The summed E-state index contributed by atoms with van der Waals surface area (Å²) in [6.07, 6.45) is -1.83. The zero-order chi connectivity index (χ0) is 3.58. The number of carbonyl (C=O) groups is 1. The Bertz CT molecular complexity index is 29.9. The average Bonchev–Trinajstić information content (AvgIpc) is 0.811. The molecule has 0 amide bonds. The van der Waals surface area contributed by atoms with Crippen LogP contribution in [-0.4, -0.2) is 61.9 Å². The summed E-state index contributed by atoms with van der Waals surface area (Å²) in [5, 5.41) is 13.9. The van der Waals surface area contributed by atoms with Crippen LogP contribution >= 0.6 is 0 Å². The van der Waals surface area contributed by atoms with E-state index in [-0.39, 0.29) is 45.5 Å². The normalized spacial score (nSPS) is 4.80. The fourth-order valence-electron chi connectivity index (χ4n) is 0. The number of hydrogen-bond acceptors (Lipinski definition) is 1. The Balaban J connectivity index is 0. The fraction of sp³-hybridized carbons (Fsp3) is 0. The summed E-state index contributed by atoms with van der Waals surface area (Å²) in [5.74, 6) is 0.